The van der Waals surface area contributed by atoms with E-state index < -0.39 is 4.92 Å². The van der Waals surface area contributed by atoms with Crippen LogP contribution in [-0.4, -0.2) is 20.6 Å². The Kier molecular flexibility index (Phi) is 6.03. The van der Waals surface area contributed by atoms with Crippen LogP contribution in [0.2, 0.25) is 0 Å². The lowest BCUT2D eigenvalue weighted by Crippen LogP contribution is -2.25. The number of carbonyl (C=O) groups is 1. The first-order valence-corrected chi connectivity index (χ1v) is 9.90. The van der Waals surface area contributed by atoms with Crippen molar-refractivity contribution >= 4 is 11.6 Å². The Morgan fingerprint density at radius 2 is 1.66 bits per heavy atom. The Morgan fingerprint density at radius 1 is 0.969 bits per heavy atom. The Balaban J connectivity index is 1.60. The van der Waals surface area contributed by atoms with Crippen molar-refractivity contribution < 1.29 is 14.1 Å². The summed E-state index contributed by atoms with van der Waals surface area (Å²) in [5, 5.41) is 18.3. The van der Waals surface area contributed by atoms with Crippen molar-refractivity contribution in [3.05, 3.63) is 112 Å². The van der Waals surface area contributed by atoms with E-state index in [1.54, 1.807) is 41.2 Å². The Bertz CT molecular complexity index is 1250. The summed E-state index contributed by atoms with van der Waals surface area (Å²) in [5.74, 6) is -0.666. The van der Waals surface area contributed by atoms with Crippen molar-refractivity contribution in [3.63, 3.8) is 0 Å². The molecule has 0 radical (unpaired) electrons. The number of rotatable bonds is 7. The third-order valence-electron chi connectivity index (χ3n) is 4.95. The molecule has 0 aliphatic rings. The van der Waals surface area contributed by atoms with Gasteiger partial charge in [0.1, 0.15) is 5.82 Å². The molecule has 160 valence electrons. The molecule has 0 atom stereocenters. The minimum absolute atomic E-state index is 0.0214. The van der Waals surface area contributed by atoms with Crippen LogP contribution in [0.1, 0.15) is 11.1 Å². The lowest BCUT2D eigenvalue weighted by molar-refractivity contribution is -0.384. The van der Waals surface area contributed by atoms with Gasteiger partial charge in [-0.25, -0.2) is 9.07 Å². The van der Waals surface area contributed by atoms with Gasteiger partial charge in [0, 0.05) is 41.6 Å². The number of amides is 1. The molecule has 7 nitrogen and oxygen atoms in total. The highest BCUT2D eigenvalue weighted by Crippen LogP contribution is 2.26. The molecule has 1 amide bonds. The van der Waals surface area contributed by atoms with Gasteiger partial charge >= 0.3 is 0 Å². The molecule has 0 aliphatic heterocycles. The van der Waals surface area contributed by atoms with Gasteiger partial charge in [-0.1, -0.05) is 36.4 Å². The second-order valence-electron chi connectivity index (χ2n) is 7.13. The van der Waals surface area contributed by atoms with Gasteiger partial charge in [-0.15, -0.1) is 0 Å². The number of aromatic nitrogens is 2. The summed E-state index contributed by atoms with van der Waals surface area (Å²) in [6.07, 6.45) is 1.78. The van der Waals surface area contributed by atoms with Crippen LogP contribution in [-0.2, 0) is 17.8 Å². The maximum absolute atomic E-state index is 13.8. The molecule has 4 aromatic rings. The number of para-hydroxylation sites is 1. The third kappa shape index (κ3) is 4.70. The van der Waals surface area contributed by atoms with Crippen LogP contribution in [0.15, 0.2) is 85.1 Å². The van der Waals surface area contributed by atoms with Crippen LogP contribution in [0, 0.1) is 15.9 Å². The summed E-state index contributed by atoms with van der Waals surface area (Å²) in [7, 11) is 0. The number of nitro benzene ring substituents is 1. The molecule has 1 heterocycles. The number of nitrogens with one attached hydrogen (secondary N) is 1. The van der Waals surface area contributed by atoms with Gasteiger partial charge in [0.15, 0.2) is 0 Å². The predicted molar refractivity (Wildman–Crippen MR) is 118 cm³/mol. The first kappa shape index (κ1) is 20.9. The maximum Gasteiger partial charge on any atom is 0.269 e. The third-order valence-corrected chi connectivity index (χ3v) is 4.95. The van der Waals surface area contributed by atoms with Crippen LogP contribution in [0.5, 0.6) is 0 Å². The van der Waals surface area contributed by atoms with E-state index in [0.717, 1.165) is 5.69 Å². The van der Waals surface area contributed by atoms with E-state index in [1.165, 1.54) is 18.2 Å². The van der Waals surface area contributed by atoms with Gasteiger partial charge in [-0.3, -0.25) is 14.9 Å². The second kappa shape index (κ2) is 9.22. The van der Waals surface area contributed by atoms with Gasteiger partial charge in [-0.2, -0.15) is 5.10 Å². The molecule has 0 saturated heterocycles. The summed E-state index contributed by atoms with van der Waals surface area (Å²) in [4.78, 5) is 23.1. The summed E-state index contributed by atoms with van der Waals surface area (Å²) < 4.78 is 15.5. The van der Waals surface area contributed by atoms with E-state index in [-0.39, 0.29) is 30.4 Å². The highest BCUT2D eigenvalue weighted by Gasteiger charge is 2.17. The second-order valence-corrected chi connectivity index (χ2v) is 7.13. The number of hydrogen-bond acceptors (Lipinski definition) is 4. The number of nitro groups is 1. The highest BCUT2D eigenvalue weighted by molar-refractivity contribution is 5.81. The molecule has 1 aromatic heterocycles. The number of nitrogens with zero attached hydrogens (tertiary/aromatic N) is 3. The molecule has 0 spiro atoms. The molecule has 0 aliphatic carbocycles. The van der Waals surface area contributed by atoms with Crippen LogP contribution >= 0.6 is 0 Å². The summed E-state index contributed by atoms with van der Waals surface area (Å²) in [6, 6.07) is 21.7. The van der Waals surface area contributed by atoms with E-state index >= 15 is 0 Å². The first-order valence-electron chi connectivity index (χ1n) is 9.90. The molecule has 0 bridgehead atoms. The zero-order valence-corrected chi connectivity index (χ0v) is 16.9. The molecule has 3 aromatic carbocycles. The minimum Gasteiger partial charge on any atom is -0.352 e. The van der Waals surface area contributed by atoms with Gasteiger partial charge in [0.25, 0.3) is 5.69 Å². The normalized spacial score (nSPS) is 10.7. The van der Waals surface area contributed by atoms with Crippen molar-refractivity contribution in [2.75, 3.05) is 0 Å². The molecular formula is C24H19FN4O3. The number of non-ortho nitro benzene ring substituents is 1. The fourth-order valence-corrected chi connectivity index (χ4v) is 3.31. The largest absolute Gasteiger partial charge is 0.352 e. The highest BCUT2D eigenvalue weighted by atomic mass is 19.1. The lowest BCUT2D eigenvalue weighted by Gasteiger charge is -2.06. The summed E-state index contributed by atoms with van der Waals surface area (Å²) >= 11 is 0. The van der Waals surface area contributed by atoms with Crippen molar-refractivity contribution in [2.24, 2.45) is 0 Å². The van der Waals surface area contributed by atoms with Crippen molar-refractivity contribution in [2.45, 2.75) is 13.0 Å². The monoisotopic (exact) mass is 430 g/mol. The molecule has 4 rings (SSSR count). The van der Waals surface area contributed by atoms with E-state index in [1.807, 2.05) is 30.3 Å². The average Bonchev–Trinajstić information content (AvgIpc) is 3.23. The van der Waals surface area contributed by atoms with Gasteiger partial charge in [-0.05, 0) is 30.3 Å². The molecule has 32 heavy (non-hydrogen) atoms. The van der Waals surface area contributed by atoms with E-state index in [0.29, 0.717) is 22.4 Å². The lowest BCUT2D eigenvalue weighted by atomic mass is 10.1. The zero-order valence-electron chi connectivity index (χ0n) is 16.9. The average molecular weight is 430 g/mol. The summed E-state index contributed by atoms with van der Waals surface area (Å²) in [5.41, 5.74) is 3.03. The molecular weight excluding hydrogens is 411 g/mol. The van der Waals surface area contributed by atoms with E-state index in [9.17, 15) is 19.3 Å². The number of benzene rings is 3. The SMILES string of the molecule is O=C(Cc1cn(-c2ccccc2)nc1-c1ccc([N+](=O)[O-])cc1)NCc1ccccc1F. The summed E-state index contributed by atoms with van der Waals surface area (Å²) in [6.45, 7) is 0.0746. The van der Waals surface area contributed by atoms with E-state index in [2.05, 4.69) is 10.4 Å². The van der Waals surface area contributed by atoms with Crippen LogP contribution in [0.3, 0.4) is 0 Å². The molecule has 0 fully saturated rings. The van der Waals surface area contributed by atoms with Crippen molar-refractivity contribution in [3.8, 4) is 16.9 Å². The van der Waals surface area contributed by atoms with E-state index in [4.69, 9.17) is 0 Å². The predicted octanol–water partition coefficient (Wildman–Crippen LogP) is 4.45. The fourth-order valence-electron chi connectivity index (χ4n) is 3.31. The van der Waals surface area contributed by atoms with Gasteiger partial charge in [0.05, 0.1) is 22.7 Å². The number of halogens is 1. The molecule has 0 unspecified atom stereocenters. The van der Waals surface area contributed by atoms with Crippen LogP contribution in [0.4, 0.5) is 10.1 Å². The number of carbonyl (C=O) groups excluding carboxylic acids is 1. The number of hydrogen-bond donors (Lipinski definition) is 1. The molecule has 0 saturated carbocycles. The quantitative estimate of drug-likeness (QED) is 0.347. The molecule has 1 N–H and O–H groups in total. The standard InChI is InChI=1S/C24H19FN4O3/c25-22-9-5-4-6-18(22)15-26-23(30)14-19-16-28(20-7-2-1-3-8-20)27-24(19)17-10-12-21(13-11-17)29(31)32/h1-13,16H,14-15H2,(H,26,30). The maximum atomic E-state index is 13.8. The van der Waals surface area contributed by atoms with Crippen LogP contribution in [0.25, 0.3) is 16.9 Å². The van der Waals surface area contributed by atoms with Crippen LogP contribution < -0.4 is 5.32 Å². The molecule has 8 heteroatoms. The Hall–Kier alpha value is -4.33. The van der Waals surface area contributed by atoms with Gasteiger partial charge in [0.2, 0.25) is 5.91 Å². The van der Waals surface area contributed by atoms with Gasteiger partial charge < -0.3 is 5.32 Å². The van der Waals surface area contributed by atoms with Crippen molar-refractivity contribution in [1.82, 2.24) is 15.1 Å². The zero-order chi connectivity index (χ0) is 22.5. The van der Waals surface area contributed by atoms with Crippen molar-refractivity contribution in [1.29, 1.82) is 0 Å². The Labute approximate surface area is 183 Å². The first-order chi connectivity index (χ1) is 15.5. The topological polar surface area (TPSA) is 90.1 Å². The minimum atomic E-state index is -0.469. The fraction of sp³-hybridized carbons (Fsp3) is 0.0833. The smallest absolute Gasteiger partial charge is 0.269 e. The Morgan fingerprint density at radius 3 is 2.34 bits per heavy atom.